The molecule has 0 amide bonds. The Balaban J connectivity index is 2.36. The molecular formula is C11H9NO. The van der Waals surface area contributed by atoms with Crippen LogP contribution in [0.3, 0.4) is 0 Å². The minimum atomic E-state index is 0.589. The normalized spacial score (nSPS) is 13.5. The number of nitrogens with one attached hydrogen (secondary N) is 1. The van der Waals surface area contributed by atoms with E-state index in [9.17, 15) is 0 Å². The molecule has 0 saturated carbocycles. The second kappa shape index (κ2) is 2.39. The zero-order valence-electron chi connectivity index (χ0n) is 7.08. The molecule has 0 aromatic heterocycles. The molecule has 64 valence electrons. The van der Waals surface area contributed by atoms with E-state index in [-0.39, 0.29) is 0 Å². The molecular weight excluding hydrogens is 162 g/mol. The van der Waals surface area contributed by atoms with Crippen molar-refractivity contribution in [2.75, 3.05) is 12.0 Å². The second-order valence-corrected chi connectivity index (χ2v) is 3.16. The number of fused-ring (bicyclic) bond motifs is 2. The summed E-state index contributed by atoms with van der Waals surface area (Å²) in [6.07, 6.45) is 0. The van der Waals surface area contributed by atoms with Crippen LogP contribution in [-0.4, -0.2) is 6.73 Å². The topological polar surface area (TPSA) is 21.3 Å². The van der Waals surface area contributed by atoms with E-state index in [1.807, 2.05) is 12.1 Å². The first kappa shape index (κ1) is 6.78. The molecule has 0 bridgehead atoms. The minimum absolute atomic E-state index is 0.589. The molecule has 2 heteroatoms. The first-order valence-corrected chi connectivity index (χ1v) is 4.33. The first-order valence-electron chi connectivity index (χ1n) is 4.33. The molecule has 0 aliphatic carbocycles. The lowest BCUT2D eigenvalue weighted by Gasteiger charge is -2.00. The number of anilines is 1. The number of hydrogen-bond acceptors (Lipinski definition) is 2. The Morgan fingerprint density at radius 3 is 2.69 bits per heavy atom. The van der Waals surface area contributed by atoms with E-state index in [2.05, 4.69) is 29.6 Å². The molecule has 13 heavy (non-hydrogen) atoms. The smallest absolute Gasteiger partial charge is 0.159 e. The van der Waals surface area contributed by atoms with E-state index in [0.717, 1.165) is 11.4 Å². The van der Waals surface area contributed by atoms with Crippen LogP contribution in [0.25, 0.3) is 10.8 Å². The summed E-state index contributed by atoms with van der Waals surface area (Å²) < 4.78 is 5.40. The van der Waals surface area contributed by atoms with Gasteiger partial charge in [-0.25, -0.2) is 0 Å². The predicted molar refractivity (Wildman–Crippen MR) is 53.1 cm³/mol. The first-order chi connectivity index (χ1) is 6.43. The van der Waals surface area contributed by atoms with Gasteiger partial charge in [0.2, 0.25) is 0 Å². The van der Waals surface area contributed by atoms with Crippen LogP contribution in [0, 0.1) is 0 Å². The van der Waals surface area contributed by atoms with Crippen LogP contribution >= 0.6 is 0 Å². The van der Waals surface area contributed by atoms with Crippen molar-refractivity contribution in [3.05, 3.63) is 36.4 Å². The highest BCUT2D eigenvalue weighted by atomic mass is 16.5. The van der Waals surface area contributed by atoms with E-state index in [1.165, 1.54) is 10.8 Å². The molecule has 1 aliphatic rings. The van der Waals surface area contributed by atoms with Gasteiger partial charge in [-0.3, -0.25) is 0 Å². The van der Waals surface area contributed by atoms with E-state index in [1.54, 1.807) is 0 Å². The third-order valence-corrected chi connectivity index (χ3v) is 2.34. The molecule has 1 N–H and O–H groups in total. The van der Waals surface area contributed by atoms with Crippen molar-refractivity contribution in [1.29, 1.82) is 0 Å². The molecule has 2 aromatic rings. The highest BCUT2D eigenvalue weighted by molar-refractivity contribution is 5.89. The lowest BCUT2D eigenvalue weighted by molar-refractivity contribution is 0.373. The third-order valence-electron chi connectivity index (χ3n) is 2.34. The quantitative estimate of drug-likeness (QED) is 0.657. The Hall–Kier alpha value is -1.70. The minimum Gasteiger partial charge on any atom is -0.471 e. The van der Waals surface area contributed by atoms with E-state index in [4.69, 9.17) is 4.74 Å². The molecule has 0 atom stereocenters. The Morgan fingerprint density at radius 1 is 1.08 bits per heavy atom. The van der Waals surface area contributed by atoms with Crippen LogP contribution in [0.5, 0.6) is 5.75 Å². The maximum Gasteiger partial charge on any atom is 0.159 e. The van der Waals surface area contributed by atoms with Crippen LogP contribution in [0.1, 0.15) is 0 Å². The Kier molecular flexibility index (Phi) is 1.25. The fourth-order valence-electron chi connectivity index (χ4n) is 1.67. The van der Waals surface area contributed by atoms with Gasteiger partial charge in [0.05, 0.1) is 5.69 Å². The zero-order valence-corrected chi connectivity index (χ0v) is 7.08. The van der Waals surface area contributed by atoms with Crippen LogP contribution in [-0.2, 0) is 0 Å². The number of ether oxygens (including phenoxy) is 1. The number of rotatable bonds is 0. The molecule has 0 radical (unpaired) electrons. The van der Waals surface area contributed by atoms with Gasteiger partial charge in [-0.15, -0.1) is 0 Å². The maximum atomic E-state index is 5.40. The van der Waals surface area contributed by atoms with Gasteiger partial charge >= 0.3 is 0 Å². The molecule has 0 saturated heterocycles. The highest BCUT2D eigenvalue weighted by Crippen LogP contribution is 2.33. The average Bonchev–Trinajstić information content (AvgIpc) is 2.61. The van der Waals surface area contributed by atoms with Gasteiger partial charge in [0.15, 0.2) is 6.73 Å². The van der Waals surface area contributed by atoms with Crippen molar-refractivity contribution < 1.29 is 4.74 Å². The summed E-state index contributed by atoms with van der Waals surface area (Å²) in [5, 5.41) is 5.65. The van der Waals surface area contributed by atoms with Crippen LogP contribution in [0.15, 0.2) is 36.4 Å². The fourth-order valence-corrected chi connectivity index (χ4v) is 1.67. The number of hydrogen-bond donors (Lipinski definition) is 1. The maximum absolute atomic E-state index is 5.40. The Bertz CT molecular complexity index is 422. The zero-order chi connectivity index (χ0) is 8.67. The van der Waals surface area contributed by atoms with Crippen LogP contribution in [0.4, 0.5) is 5.69 Å². The van der Waals surface area contributed by atoms with E-state index < -0.39 is 0 Å². The van der Waals surface area contributed by atoms with Crippen LogP contribution < -0.4 is 10.1 Å². The third kappa shape index (κ3) is 0.952. The molecule has 3 rings (SSSR count). The largest absolute Gasteiger partial charge is 0.471 e. The lowest BCUT2D eigenvalue weighted by Crippen LogP contribution is -1.96. The summed E-state index contributed by atoms with van der Waals surface area (Å²) in [6, 6.07) is 12.5. The standard InChI is InChI=1S/C11H9NO/c1-2-4-9-6-11-10(12-7-13-11)5-8(9)3-1/h1-6,12H,7H2. The summed E-state index contributed by atoms with van der Waals surface area (Å²) in [5.74, 6) is 0.957. The molecule has 1 aliphatic heterocycles. The van der Waals surface area contributed by atoms with Gasteiger partial charge in [-0.05, 0) is 22.9 Å². The van der Waals surface area contributed by atoms with Crippen molar-refractivity contribution in [2.24, 2.45) is 0 Å². The number of benzene rings is 2. The molecule has 0 spiro atoms. The van der Waals surface area contributed by atoms with Crippen molar-refractivity contribution in [1.82, 2.24) is 0 Å². The summed E-state index contributed by atoms with van der Waals surface area (Å²) in [5.41, 5.74) is 1.10. The lowest BCUT2D eigenvalue weighted by atomic mass is 10.1. The highest BCUT2D eigenvalue weighted by Gasteiger charge is 2.10. The molecule has 0 unspecified atom stereocenters. The van der Waals surface area contributed by atoms with Crippen molar-refractivity contribution in [3.8, 4) is 5.75 Å². The van der Waals surface area contributed by atoms with Gasteiger partial charge in [0, 0.05) is 0 Å². The van der Waals surface area contributed by atoms with Crippen molar-refractivity contribution in [2.45, 2.75) is 0 Å². The van der Waals surface area contributed by atoms with Crippen LogP contribution in [0.2, 0.25) is 0 Å². The SMILES string of the molecule is c1ccc2cc3c(cc2c1)NCO3. The summed E-state index contributed by atoms with van der Waals surface area (Å²) >= 11 is 0. The van der Waals surface area contributed by atoms with Gasteiger partial charge < -0.3 is 10.1 Å². The molecule has 1 heterocycles. The molecule has 2 aromatic carbocycles. The van der Waals surface area contributed by atoms with Gasteiger partial charge in [0.1, 0.15) is 5.75 Å². The summed E-state index contributed by atoms with van der Waals surface area (Å²) in [7, 11) is 0. The van der Waals surface area contributed by atoms with Gasteiger partial charge in [0.25, 0.3) is 0 Å². The van der Waals surface area contributed by atoms with E-state index in [0.29, 0.717) is 6.73 Å². The van der Waals surface area contributed by atoms with Gasteiger partial charge in [-0.2, -0.15) is 0 Å². The van der Waals surface area contributed by atoms with E-state index >= 15 is 0 Å². The van der Waals surface area contributed by atoms with Gasteiger partial charge in [-0.1, -0.05) is 24.3 Å². The average molecular weight is 171 g/mol. The summed E-state index contributed by atoms with van der Waals surface area (Å²) in [4.78, 5) is 0. The summed E-state index contributed by atoms with van der Waals surface area (Å²) in [6.45, 7) is 0.589. The Labute approximate surface area is 76.1 Å². The predicted octanol–water partition coefficient (Wildman–Crippen LogP) is 2.60. The Morgan fingerprint density at radius 2 is 1.85 bits per heavy atom. The molecule has 0 fully saturated rings. The van der Waals surface area contributed by atoms with Crippen molar-refractivity contribution >= 4 is 16.5 Å². The van der Waals surface area contributed by atoms with Crippen molar-refractivity contribution in [3.63, 3.8) is 0 Å². The monoisotopic (exact) mass is 171 g/mol. The fraction of sp³-hybridized carbons (Fsp3) is 0.0909. The second-order valence-electron chi connectivity index (χ2n) is 3.16. The molecule has 2 nitrogen and oxygen atoms in total.